The normalized spacial score (nSPS) is 10.8. The van der Waals surface area contributed by atoms with E-state index in [-0.39, 0.29) is 5.95 Å². The van der Waals surface area contributed by atoms with Crippen LogP contribution in [0.4, 0.5) is 11.6 Å². The van der Waals surface area contributed by atoms with Crippen molar-refractivity contribution < 1.29 is 9.47 Å². The van der Waals surface area contributed by atoms with Gasteiger partial charge in [-0.1, -0.05) is 18.2 Å². The highest BCUT2D eigenvalue weighted by atomic mass is 16.5. The maximum absolute atomic E-state index is 5.75. The van der Waals surface area contributed by atoms with Gasteiger partial charge in [0.25, 0.3) is 0 Å². The topological polar surface area (TPSA) is 96.3 Å². The molecule has 0 radical (unpaired) electrons. The largest absolute Gasteiger partial charge is 0.475 e. The number of nitrogens with zero attached hydrogens (tertiary/aromatic N) is 2. The summed E-state index contributed by atoms with van der Waals surface area (Å²) in [6.07, 6.45) is 0. The highest BCUT2D eigenvalue weighted by Crippen LogP contribution is 2.29. The van der Waals surface area contributed by atoms with Gasteiger partial charge in [-0.3, -0.25) is 0 Å². The second-order valence-corrected chi connectivity index (χ2v) is 5.08. The predicted octanol–water partition coefficient (Wildman–Crippen LogP) is 2.49. The lowest BCUT2D eigenvalue weighted by atomic mass is 10.0. The molecule has 0 aliphatic heterocycles. The van der Waals surface area contributed by atoms with Crippen molar-refractivity contribution in [3.63, 3.8) is 0 Å². The van der Waals surface area contributed by atoms with Crippen molar-refractivity contribution in [3.05, 3.63) is 42.5 Å². The Hall–Kier alpha value is -2.86. The Labute approximate surface area is 134 Å². The summed E-state index contributed by atoms with van der Waals surface area (Å²) in [6.45, 7) is 0.872. The molecule has 1 aromatic heterocycles. The second-order valence-electron chi connectivity index (χ2n) is 5.08. The first-order valence-electron chi connectivity index (χ1n) is 7.22. The van der Waals surface area contributed by atoms with E-state index in [1.807, 2.05) is 42.5 Å². The zero-order valence-electron chi connectivity index (χ0n) is 12.8. The number of benzene rings is 2. The van der Waals surface area contributed by atoms with Gasteiger partial charge in [0.2, 0.25) is 11.8 Å². The van der Waals surface area contributed by atoms with Crippen LogP contribution in [0.1, 0.15) is 0 Å². The molecule has 0 amide bonds. The van der Waals surface area contributed by atoms with Gasteiger partial charge in [0.1, 0.15) is 6.61 Å². The molecule has 3 rings (SSSR count). The predicted molar refractivity (Wildman–Crippen MR) is 91.2 cm³/mol. The van der Waals surface area contributed by atoms with Crippen LogP contribution in [0.15, 0.2) is 42.5 Å². The molecule has 6 nitrogen and oxygen atoms in total. The van der Waals surface area contributed by atoms with E-state index >= 15 is 0 Å². The van der Waals surface area contributed by atoms with Gasteiger partial charge in [-0.05, 0) is 35.4 Å². The third-order valence-electron chi connectivity index (χ3n) is 3.45. The van der Waals surface area contributed by atoms with E-state index in [1.54, 1.807) is 7.11 Å². The molecule has 0 bridgehead atoms. The SMILES string of the molecule is COCCOc1nc(N)nc2ccc(-c3ccc(N)cc3)cc12. The maximum atomic E-state index is 5.75. The Balaban J connectivity index is 2.04. The number of ether oxygens (including phenoxy) is 2. The second kappa shape index (κ2) is 6.50. The highest BCUT2D eigenvalue weighted by Gasteiger charge is 2.09. The molecule has 23 heavy (non-hydrogen) atoms. The Kier molecular flexibility index (Phi) is 4.25. The summed E-state index contributed by atoms with van der Waals surface area (Å²) in [6, 6.07) is 13.6. The summed E-state index contributed by atoms with van der Waals surface area (Å²) in [5.74, 6) is 0.645. The molecule has 3 aromatic rings. The van der Waals surface area contributed by atoms with Crippen molar-refractivity contribution >= 4 is 22.5 Å². The fraction of sp³-hybridized carbons (Fsp3) is 0.176. The van der Waals surface area contributed by atoms with Crippen molar-refractivity contribution in [1.82, 2.24) is 9.97 Å². The van der Waals surface area contributed by atoms with Crippen LogP contribution in [0.3, 0.4) is 0 Å². The summed E-state index contributed by atoms with van der Waals surface area (Å²) >= 11 is 0. The minimum absolute atomic E-state index is 0.185. The number of fused-ring (bicyclic) bond motifs is 1. The quantitative estimate of drug-likeness (QED) is 0.555. The Morgan fingerprint density at radius 3 is 2.39 bits per heavy atom. The summed E-state index contributed by atoms with van der Waals surface area (Å²) in [7, 11) is 1.62. The third kappa shape index (κ3) is 3.32. The van der Waals surface area contributed by atoms with Crippen molar-refractivity contribution in [2.75, 3.05) is 31.8 Å². The zero-order chi connectivity index (χ0) is 16.2. The van der Waals surface area contributed by atoms with Crippen LogP contribution < -0.4 is 16.2 Å². The minimum atomic E-state index is 0.185. The number of rotatable bonds is 5. The van der Waals surface area contributed by atoms with Crippen LogP contribution in [-0.4, -0.2) is 30.3 Å². The smallest absolute Gasteiger partial charge is 0.226 e. The van der Waals surface area contributed by atoms with Crippen molar-refractivity contribution in [2.24, 2.45) is 0 Å². The lowest BCUT2D eigenvalue weighted by Crippen LogP contribution is -2.07. The van der Waals surface area contributed by atoms with Crippen LogP contribution in [0.5, 0.6) is 5.88 Å². The van der Waals surface area contributed by atoms with Crippen LogP contribution >= 0.6 is 0 Å². The average Bonchev–Trinajstić information content (AvgIpc) is 2.55. The van der Waals surface area contributed by atoms with E-state index in [0.717, 1.165) is 27.7 Å². The molecule has 0 unspecified atom stereocenters. The lowest BCUT2D eigenvalue weighted by Gasteiger charge is -2.10. The molecule has 0 aliphatic carbocycles. The molecule has 0 fully saturated rings. The summed E-state index contributed by atoms with van der Waals surface area (Å²) in [5.41, 5.74) is 15.0. The summed E-state index contributed by atoms with van der Waals surface area (Å²) in [4.78, 5) is 8.44. The molecule has 1 heterocycles. The molecule has 0 atom stereocenters. The van der Waals surface area contributed by atoms with E-state index in [9.17, 15) is 0 Å². The Morgan fingerprint density at radius 1 is 0.913 bits per heavy atom. The van der Waals surface area contributed by atoms with Gasteiger partial charge < -0.3 is 20.9 Å². The highest BCUT2D eigenvalue weighted by molar-refractivity contribution is 5.89. The van der Waals surface area contributed by atoms with Crippen molar-refractivity contribution in [1.29, 1.82) is 0 Å². The molecule has 0 saturated heterocycles. The van der Waals surface area contributed by atoms with Gasteiger partial charge in [-0.25, -0.2) is 4.98 Å². The fourth-order valence-corrected chi connectivity index (χ4v) is 2.30. The van der Waals surface area contributed by atoms with Gasteiger partial charge in [0.05, 0.1) is 17.5 Å². The van der Waals surface area contributed by atoms with Crippen LogP contribution in [-0.2, 0) is 4.74 Å². The number of anilines is 2. The van der Waals surface area contributed by atoms with E-state index < -0.39 is 0 Å². The maximum Gasteiger partial charge on any atom is 0.226 e. The fourth-order valence-electron chi connectivity index (χ4n) is 2.30. The van der Waals surface area contributed by atoms with Crippen LogP contribution in [0.2, 0.25) is 0 Å². The molecule has 6 heteroatoms. The molecule has 0 saturated carbocycles. The van der Waals surface area contributed by atoms with Crippen molar-refractivity contribution in [2.45, 2.75) is 0 Å². The first-order valence-corrected chi connectivity index (χ1v) is 7.22. The zero-order valence-corrected chi connectivity index (χ0v) is 12.8. The number of hydrogen-bond acceptors (Lipinski definition) is 6. The molecular weight excluding hydrogens is 292 g/mol. The van der Waals surface area contributed by atoms with Crippen LogP contribution in [0, 0.1) is 0 Å². The first-order chi connectivity index (χ1) is 11.2. The number of aromatic nitrogens is 2. The van der Waals surface area contributed by atoms with Gasteiger partial charge in [0.15, 0.2) is 0 Å². The van der Waals surface area contributed by atoms with Crippen molar-refractivity contribution in [3.8, 4) is 17.0 Å². The number of nitrogen functional groups attached to an aromatic ring is 2. The van der Waals surface area contributed by atoms with E-state index in [4.69, 9.17) is 20.9 Å². The number of nitrogens with two attached hydrogens (primary N) is 2. The Bertz CT molecular complexity index is 819. The monoisotopic (exact) mass is 310 g/mol. The summed E-state index contributed by atoms with van der Waals surface area (Å²) < 4.78 is 10.7. The molecule has 118 valence electrons. The lowest BCUT2D eigenvalue weighted by molar-refractivity contribution is 0.144. The van der Waals surface area contributed by atoms with Gasteiger partial charge in [-0.2, -0.15) is 4.98 Å². The number of hydrogen-bond donors (Lipinski definition) is 2. The summed E-state index contributed by atoms with van der Waals surface area (Å²) in [5, 5.41) is 0.810. The average molecular weight is 310 g/mol. The molecular formula is C17H18N4O2. The Morgan fingerprint density at radius 2 is 1.65 bits per heavy atom. The van der Waals surface area contributed by atoms with E-state index in [0.29, 0.717) is 19.1 Å². The first kappa shape index (κ1) is 15.1. The molecule has 0 spiro atoms. The number of methoxy groups -OCH3 is 1. The third-order valence-corrected chi connectivity index (χ3v) is 3.45. The molecule has 2 aromatic carbocycles. The van der Waals surface area contributed by atoms with E-state index in [1.165, 1.54) is 0 Å². The molecule has 4 N–H and O–H groups in total. The standard InChI is InChI=1S/C17H18N4O2/c1-22-8-9-23-16-14-10-12(11-2-5-13(18)6-3-11)4-7-15(14)20-17(19)21-16/h2-7,10H,8-9,18H2,1H3,(H2,19,20,21). The minimum Gasteiger partial charge on any atom is -0.475 e. The van der Waals surface area contributed by atoms with E-state index in [2.05, 4.69) is 9.97 Å². The van der Waals surface area contributed by atoms with Gasteiger partial charge >= 0.3 is 0 Å². The van der Waals surface area contributed by atoms with Gasteiger partial charge in [0, 0.05) is 12.8 Å². The van der Waals surface area contributed by atoms with Gasteiger partial charge in [-0.15, -0.1) is 0 Å². The van der Waals surface area contributed by atoms with Crippen LogP contribution in [0.25, 0.3) is 22.0 Å². The molecule has 0 aliphatic rings.